The summed E-state index contributed by atoms with van der Waals surface area (Å²) in [6, 6.07) is 0. The van der Waals surface area contributed by atoms with Crippen LogP contribution in [0.5, 0.6) is 0 Å². The third-order valence-electron chi connectivity index (χ3n) is 6.19. The van der Waals surface area contributed by atoms with Crippen LogP contribution in [0.4, 0.5) is 0 Å². The van der Waals surface area contributed by atoms with Gasteiger partial charge in [0.1, 0.15) is 0 Å². The Kier molecular flexibility index (Phi) is 3.68. The van der Waals surface area contributed by atoms with Gasteiger partial charge in [-0.2, -0.15) is 0 Å². The van der Waals surface area contributed by atoms with Crippen LogP contribution in [0.25, 0.3) is 0 Å². The summed E-state index contributed by atoms with van der Waals surface area (Å²) in [6.07, 6.45) is 8.72. The van der Waals surface area contributed by atoms with Crippen molar-refractivity contribution in [1.82, 2.24) is 10.2 Å². The highest BCUT2D eigenvalue weighted by atomic mass is 15.2. The molecule has 3 fully saturated rings. The lowest BCUT2D eigenvalue weighted by atomic mass is 9.86. The monoisotopic (exact) mass is 250 g/mol. The summed E-state index contributed by atoms with van der Waals surface area (Å²) in [5.74, 6) is 3.22. The van der Waals surface area contributed by atoms with E-state index in [9.17, 15) is 0 Å². The van der Waals surface area contributed by atoms with Crippen LogP contribution in [0.15, 0.2) is 0 Å². The Morgan fingerprint density at radius 2 is 2.00 bits per heavy atom. The van der Waals surface area contributed by atoms with E-state index in [-0.39, 0.29) is 0 Å². The molecule has 104 valence electrons. The first-order chi connectivity index (χ1) is 8.74. The van der Waals surface area contributed by atoms with Gasteiger partial charge < -0.3 is 5.32 Å². The number of nitrogens with zero attached hydrogens (tertiary/aromatic N) is 1. The van der Waals surface area contributed by atoms with Crippen molar-refractivity contribution >= 4 is 0 Å². The number of hydrogen-bond donors (Lipinski definition) is 1. The molecule has 1 aliphatic heterocycles. The molecule has 0 spiro atoms. The number of piperazine rings is 1. The van der Waals surface area contributed by atoms with Crippen LogP contribution >= 0.6 is 0 Å². The van der Waals surface area contributed by atoms with Crippen molar-refractivity contribution in [2.45, 2.75) is 57.9 Å². The Morgan fingerprint density at radius 3 is 2.61 bits per heavy atom. The second kappa shape index (κ2) is 5.13. The average Bonchev–Trinajstić information content (AvgIpc) is 3.01. The van der Waals surface area contributed by atoms with Crippen molar-refractivity contribution in [3.63, 3.8) is 0 Å². The Hall–Kier alpha value is -0.0800. The molecule has 1 heterocycles. The molecule has 2 heteroatoms. The molecule has 3 rings (SSSR count). The van der Waals surface area contributed by atoms with Gasteiger partial charge in [0, 0.05) is 31.7 Å². The fraction of sp³-hybridized carbons (Fsp3) is 1.00. The molecule has 3 unspecified atom stereocenters. The van der Waals surface area contributed by atoms with Gasteiger partial charge >= 0.3 is 0 Å². The highest BCUT2D eigenvalue weighted by molar-refractivity contribution is 4.96. The van der Waals surface area contributed by atoms with Gasteiger partial charge in [0.2, 0.25) is 0 Å². The molecular weight excluding hydrogens is 220 g/mol. The van der Waals surface area contributed by atoms with Crippen molar-refractivity contribution in [1.29, 1.82) is 0 Å². The molecule has 0 aromatic rings. The first kappa shape index (κ1) is 12.9. The molecule has 0 radical (unpaired) electrons. The van der Waals surface area contributed by atoms with Gasteiger partial charge in [0.15, 0.2) is 0 Å². The van der Waals surface area contributed by atoms with E-state index in [0.717, 1.165) is 17.8 Å². The normalized spacial score (nSPS) is 39.3. The summed E-state index contributed by atoms with van der Waals surface area (Å²) < 4.78 is 0. The molecular formula is C16H30N2. The lowest BCUT2D eigenvalue weighted by Crippen LogP contribution is -2.60. The van der Waals surface area contributed by atoms with Crippen LogP contribution in [0.3, 0.4) is 0 Å². The maximum atomic E-state index is 3.78. The van der Waals surface area contributed by atoms with E-state index in [0.29, 0.717) is 5.54 Å². The molecule has 18 heavy (non-hydrogen) atoms. The molecule has 0 aromatic carbocycles. The Balaban J connectivity index is 1.56. The molecule has 1 saturated heterocycles. The van der Waals surface area contributed by atoms with Gasteiger partial charge in [0.25, 0.3) is 0 Å². The molecule has 3 aliphatic rings. The zero-order valence-electron chi connectivity index (χ0n) is 12.3. The third-order valence-corrected chi connectivity index (χ3v) is 6.19. The minimum Gasteiger partial charge on any atom is -0.309 e. The number of hydrogen-bond acceptors (Lipinski definition) is 2. The predicted octanol–water partition coefficient (Wildman–Crippen LogP) is 2.89. The topological polar surface area (TPSA) is 15.3 Å². The zero-order valence-corrected chi connectivity index (χ0v) is 12.3. The van der Waals surface area contributed by atoms with E-state index < -0.39 is 0 Å². The van der Waals surface area contributed by atoms with Crippen LogP contribution < -0.4 is 5.32 Å². The molecule has 0 amide bonds. The number of fused-ring (bicyclic) bond motifs is 2. The predicted molar refractivity (Wildman–Crippen MR) is 76.7 cm³/mol. The minimum absolute atomic E-state index is 0.413. The zero-order chi connectivity index (χ0) is 12.6. The van der Waals surface area contributed by atoms with Crippen LogP contribution in [0, 0.1) is 17.8 Å². The summed E-state index contributed by atoms with van der Waals surface area (Å²) >= 11 is 0. The van der Waals surface area contributed by atoms with Crippen LogP contribution in [0.2, 0.25) is 0 Å². The molecule has 2 bridgehead atoms. The van der Waals surface area contributed by atoms with Gasteiger partial charge in [-0.1, -0.05) is 20.3 Å². The number of nitrogens with one attached hydrogen (secondary N) is 1. The average molecular weight is 250 g/mol. The summed E-state index contributed by atoms with van der Waals surface area (Å²) in [7, 11) is 0. The summed E-state index contributed by atoms with van der Waals surface area (Å²) in [5, 5.41) is 3.78. The number of rotatable bonds is 4. The molecule has 2 aliphatic carbocycles. The molecule has 0 aromatic heterocycles. The van der Waals surface area contributed by atoms with Crippen LogP contribution in [-0.2, 0) is 0 Å². The van der Waals surface area contributed by atoms with E-state index >= 15 is 0 Å². The van der Waals surface area contributed by atoms with Crippen LogP contribution in [-0.4, -0.2) is 36.6 Å². The Bertz CT molecular complexity index is 285. The highest BCUT2D eigenvalue weighted by Crippen LogP contribution is 2.48. The lowest BCUT2D eigenvalue weighted by molar-refractivity contribution is 0.0965. The Morgan fingerprint density at radius 1 is 1.17 bits per heavy atom. The van der Waals surface area contributed by atoms with Gasteiger partial charge in [-0.25, -0.2) is 0 Å². The van der Waals surface area contributed by atoms with E-state index in [2.05, 4.69) is 24.1 Å². The quantitative estimate of drug-likeness (QED) is 0.825. The van der Waals surface area contributed by atoms with Crippen molar-refractivity contribution in [2.24, 2.45) is 17.8 Å². The van der Waals surface area contributed by atoms with Gasteiger partial charge in [-0.15, -0.1) is 0 Å². The fourth-order valence-electron chi connectivity index (χ4n) is 4.85. The second-order valence-electron chi connectivity index (χ2n) is 7.08. The van der Waals surface area contributed by atoms with Crippen molar-refractivity contribution < 1.29 is 0 Å². The SMILES string of the molecule is CCC1(CC)CN(CC2CC3CCC2C3)CCN1. The standard InChI is InChI=1S/C16H30N2/c1-3-16(4-2)12-18(8-7-17-16)11-15-10-13-5-6-14(15)9-13/h13-15,17H,3-12H2,1-2H3. The van der Waals surface area contributed by atoms with E-state index in [1.807, 2.05) is 0 Å². The van der Waals surface area contributed by atoms with E-state index in [4.69, 9.17) is 0 Å². The maximum Gasteiger partial charge on any atom is 0.0304 e. The van der Waals surface area contributed by atoms with E-state index in [1.54, 1.807) is 12.8 Å². The first-order valence-corrected chi connectivity index (χ1v) is 8.22. The highest BCUT2D eigenvalue weighted by Gasteiger charge is 2.41. The summed E-state index contributed by atoms with van der Waals surface area (Å²) in [5.41, 5.74) is 0.413. The van der Waals surface area contributed by atoms with Crippen molar-refractivity contribution in [3.05, 3.63) is 0 Å². The largest absolute Gasteiger partial charge is 0.309 e. The van der Waals surface area contributed by atoms with Crippen molar-refractivity contribution in [2.75, 3.05) is 26.2 Å². The third kappa shape index (κ3) is 2.34. The van der Waals surface area contributed by atoms with Crippen molar-refractivity contribution in [3.8, 4) is 0 Å². The van der Waals surface area contributed by atoms with Gasteiger partial charge in [-0.05, 0) is 49.9 Å². The fourth-order valence-corrected chi connectivity index (χ4v) is 4.85. The van der Waals surface area contributed by atoms with Gasteiger partial charge in [-0.3, -0.25) is 4.90 Å². The molecule has 3 atom stereocenters. The lowest BCUT2D eigenvalue weighted by Gasteiger charge is -2.44. The summed E-state index contributed by atoms with van der Waals surface area (Å²) in [6.45, 7) is 9.84. The summed E-state index contributed by atoms with van der Waals surface area (Å²) in [4.78, 5) is 2.77. The Labute approximate surface area is 113 Å². The van der Waals surface area contributed by atoms with Gasteiger partial charge in [0.05, 0.1) is 0 Å². The minimum atomic E-state index is 0.413. The van der Waals surface area contributed by atoms with E-state index in [1.165, 1.54) is 51.9 Å². The smallest absolute Gasteiger partial charge is 0.0304 e. The van der Waals surface area contributed by atoms with Crippen LogP contribution in [0.1, 0.15) is 52.4 Å². The molecule has 2 nitrogen and oxygen atoms in total. The maximum absolute atomic E-state index is 3.78. The second-order valence-corrected chi connectivity index (χ2v) is 7.08. The first-order valence-electron chi connectivity index (χ1n) is 8.22. The molecule has 1 N–H and O–H groups in total. The molecule has 2 saturated carbocycles.